The van der Waals surface area contributed by atoms with Crippen molar-refractivity contribution in [1.82, 2.24) is 0 Å². The van der Waals surface area contributed by atoms with Gasteiger partial charge in [0.1, 0.15) is 5.82 Å². The highest BCUT2D eigenvalue weighted by atomic mass is 32.2. The number of sulfonamides is 1. The minimum atomic E-state index is -3.57. The van der Waals surface area contributed by atoms with Gasteiger partial charge < -0.3 is 5.73 Å². The Labute approximate surface area is 127 Å². The first-order valence-corrected chi connectivity index (χ1v) is 8.73. The molecule has 120 valence electrons. The van der Waals surface area contributed by atoms with Gasteiger partial charge in [-0.1, -0.05) is 32.9 Å². The number of anilines is 1. The summed E-state index contributed by atoms with van der Waals surface area (Å²) in [6.07, 6.45) is 1.01. The summed E-state index contributed by atoms with van der Waals surface area (Å²) in [5.74, 6) is -0.538. The molecule has 0 amide bonds. The standard InChI is InChI=1S/C15H25FN2O2S/c1-15(2,3)9-12-21(19,20)18(11-6-10-17)14-8-5-4-7-13(14)16/h4-5,7-8H,6,9-12,17H2,1-3H3. The van der Waals surface area contributed by atoms with E-state index in [9.17, 15) is 12.8 Å². The molecule has 21 heavy (non-hydrogen) atoms. The Kier molecular flexibility index (Phi) is 6.16. The second kappa shape index (κ2) is 7.22. The first-order chi connectivity index (χ1) is 9.67. The lowest BCUT2D eigenvalue weighted by Gasteiger charge is -2.26. The maximum atomic E-state index is 13.9. The van der Waals surface area contributed by atoms with Crippen LogP contribution in [-0.2, 0) is 10.0 Å². The Bertz CT molecular complexity index is 553. The van der Waals surface area contributed by atoms with E-state index in [-0.39, 0.29) is 23.4 Å². The van der Waals surface area contributed by atoms with E-state index in [0.717, 1.165) is 4.31 Å². The Morgan fingerprint density at radius 2 is 1.86 bits per heavy atom. The highest BCUT2D eigenvalue weighted by Crippen LogP contribution is 2.25. The largest absolute Gasteiger partial charge is 0.330 e. The first kappa shape index (κ1) is 17.9. The molecule has 1 aromatic rings. The molecule has 0 heterocycles. The van der Waals surface area contributed by atoms with Crippen LogP contribution in [0.25, 0.3) is 0 Å². The van der Waals surface area contributed by atoms with E-state index >= 15 is 0 Å². The molecule has 0 atom stereocenters. The molecule has 6 heteroatoms. The lowest BCUT2D eigenvalue weighted by Crippen LogP contribution is -2.36. The van der Waals surface area contributed by atoms with E-state index in [1.54, 1.807) is 12.1 Å². The summed E-state index contributed by atoms with van der Waals surface area (Å²) < 4.78 is 40.2. The Balaban J connectivity index is 3.04. The Hall–Kier alpha value is -1.14. The molecule has 0 aromatic heterocycles. The molecule has 0 fully saturated rings. The van der Waals surface area contributed by atoms with Crippen molar-refractivity contribution in [2.45, 2.75) is 33.6 Å². The molecule has 0 bridgehead atoms. The fourth-order valence-corrected chi connectivity index (χ4v) is 3.79. The number of rotatable bonds is 7. The smallest absolute Gasteiger partial charge is 0.235 e. The average Bonchev–Trinajstić information content (AvgIpc) is 2.38. The van der Waals surface area contributed by atoms with Gasteiger partial charge in [-0.3, -0.25) is 4.31 Å². The number of benzene rings is 1. The van der Waals surface area contributed by atoms with Crippen molar-refractivity contribution in [3.8, 4) is 0 Å². The van der Waals surface area contributed by atoms with Gasteiger partial charge in [0.05, 0.1) is 11.4 Å². The van der Waals surface area contributed by atoms with Gasteiger partial charge in [-0.25, -0.2) is 12.8 Å². The van der Waals surface area contributed by atoms with E-state index in [1.807, 2.05) is 20.8 Å². The number of halogens is 1. The summed E-state index contributed by atoms with van der Waals surface area (Å²) in [7, 11) is -3.57. The van der Waals surface area contributed by atoms with E-state index in [2.05, 4.69) is 0 Å². The van der Waals surface area contributed by atoms with Crippen molar-refractivity contribution in [2.24, 2.45) is 11.1 Å². The summed E-state index contributed by atoms with van der Waals surface area (Å²) in [6.45, 7) is 6.51. The maximum Gasteiger partial charge on any atom is 0.235 e. The highest BCUT2D eigenvalue weighted by Gasteiger charge is 2.26. The van der Waals surface area contributed by atoms with Crippen LogP contribution in [0.4, 0.5) is 10.1 Å². The molecular formula is C15H25FN2O2S. The van der Waals surface area contributed by atoms with Gasteiger partial charge in [0, 0.05) is 6.54 Å². The summed E-state index contributed by atoms with van der Waals surface area (Å²) in [6, 6.07) is 5.93. The van der Waals surface area contributed by atoms with Gasteiger partial charge in [-0.05, 0) is 36.9 Å². The molecule has 0 aliphatic carbocycles. The van der Waals surface area contributed by atoms with Crippen LogP contribution in [0, 0.1) is 11.2 Å². The predicted octanol–water partition coefficient (Wildman–Crippen LogP) is 2.75. The molecule has 0 unspecified atom stereocenters. The molecule has 2 N–H and O–H groups in total. The van der Waals surface area contributed by atoms with Gasteiger partial charge >= 0.3 is 0 Å². The fraction of sp³-hybridized carbons (Fsp3) is 0.600. The predicted molar refractivity (Wildman–Crippen MR) is 85.3 cm³/mol. The van der Waals surface area contributed by atoms with E-state index < -0.39 is 15.8 Å². The summed E-state index contributed by atoms with van der Waals surface area (Å²) in [4.78, 5) is 0. The lowest BCUT2D eigenvalue weighted by molar-refractivity contribution is 0.397. The minimum Gasteiger partial charge on any atom is -0.330 e. The lowest BCUT2D eigenvalue weighted by atomic mass is 9.94. The summed E-state index contributed by atoms with van der Waals surface area (Å²) >= 11 is 0. The van der Waals surface area contributed by atoms with E-state index in [0.29, 0.717) is 19.4 Å². The van der Waals surface area contributed by atoms with Crippen LogP contribution in [0.5, 0.6) is 0 Å². The molecule has 0 saturated carbocycles. The van der Waals surface area contributed by atoms with Crippen molar-refractivity contribution in [3.05, 3.63) is 30.1 Å². The zero-order valence-electron chi connectivity index (χ0n) is 13.0. The van der Waals surface area contributed by atoms with Gasteiger partial charge in [-0.15, -0.1) is 0 Å². The Morgan fingerprint density at radius 1 is 1.24 bits per heavy atom. The third kappa shape index (κ3) is 5.63. The van der Waals surface area contributed by atoms with Crippen LogP contribution in [0.1, 0.15) is 33.6 Å². The van der Waals surface area contributed by atoms with Gasteiger partial charge in [-0.2, -0.15) is 0 Å². The second-order valence-corrected chi connectivity index (χ2v) is 8.31. The third-order valence-electron chi connectivity index (χ3n) is 3.13. The minimum absolute atomic E-state index is 0.00456. The molecule has 0 aliphatic rings. The monoisotopic (exact) mass is 316 g/mol. The molecule has 1 aromatic carbocycles. The molecule has 0 spiro atoms. The number of hydrogen-bond donors (Lipinski definition) is 1. The van der Waals surface area contributed by atoms with Crippen molar-refractivity contribution in [1.29, 1.82) is 0 Å². The van der Waals surface area contributed by atoms with Crippen LogP contribution < -0.4 is 10.0 Å². The van der Waals surface area contributed by atoms with Crippen LogP contribution in [0.2, 0.25) is 0 Å². The molecule has 0 aliphatic heterocycles. The molecular weight excluding hydrogens is 291 g/mol. The number of para-hydroxylation sites is 1. The number of nitrogens with two attached hydrogens (primary N) is 1. The van der Waals surface area contributed by atoms with Crippen molar-refractivity contribution < 1.29 is 12.8 Å². The SMILES string of the molecule is CC(C)(C)CCS(=O)(=O)N(CCCN)c1ccccc1F. The quantitative estimate of drug-likeness (QED) is 0.841. The van der Waals surface area contributed by atoms with Crippen molar-refractivity contribution >= 4 is 15.7 Å². The topological polar surface area (TPSA) is 63.4 Å². The normalized spacial score (nSPS) is 12.4. The first-order valence-electron chi connectivity index (χ1n) is 7.12. The number of hydrogen-bond acceptors (Lipinski definition) is 3. The zero-order valence-corrected chi connectivity index (χ0v) is 13.8. The van der Waals surface area contributed by atoms with Crippen LogP contribution in [0.15, 0.2) is 24.3 Å². The van der Waals surface area contributed by atoms with Crippen LogP contribution in [0.3, 0.4) is 0 Å². The molecule has 1 rings (SSSR count). The van der Waals surface area contributed by atoms with Crippen molar-refractivity contribution in [3.63, 3.8) is 0 Å². The number of nitrogens with zero attached hydrogens (tertiary/aromatic N) is 1. The fourth-order valence-electron chi connectivity index (χ4n) is 1.84. The summed E-state index contributed by atoms with van der Waals surface area (Å²) in [5.41, 5.74) is 5.47. The van der Waals surface area contributed by atoms with Gasteiger partial charge in [0.15, 0.2) is 0 Å². The van der Waals surface area contributed by atoms with Gasteiger partial charge in [0.25, 0.3) is 0 Å². The maximum absolute atomic E-state index is 13.9. The molecule has 0 saturated heterocycles. The second-order valence-electron chi connectivity index (χ2n) is 6.29. The molecule has 0 radical (unpaired) electrons. The van der Waals surface area contributed by atoms with E-state index in [4.69, 9.17) is 5.73 Å². The average molecular weight is 316 g/mol. The van der Waals surface area contributed by atoms with Gasteiger partial charge in [0.2, 0.25) is 10.0 Å². The zero-order chi connectivity index (χ0) is 16.1. The van der Waals surface area contributed by atoms with Crippen LogP contribution in [-0.4, -0.2) is 27.3 Å². The van der Waals surface area contributed by atoms with E-state index in [1.165, 1.54) is 12.1 Å². The highest BCUT2D eigenvalue weighted by molar-refractivity contribution is 7.92. The third-order valence-corrected chi connectivity index (χ3v) is 4.90. The molecule has 4 nitrogen and oxygen atoms in total. The Morgan fingerprint density at radius 3 is 2.38 bits per heavy atom. The van der Waals surface area contributed by atoms with Crippen molar-refractivity contribution in [2.75, 3.05) is 23.1 Å². The van der Waals surface area contributed by atoms with Crippen LogP contribution >= 0.6 is 0 Å². The summed E-state index contributed by atoms with van der Waals surface area (Å²) in [5, 5.41) is 0.